The van der Waals surface area contributed by atoms with Crippen LogP contribution < -0.4 is 4.90 Å². The molecule has 0 unspecified atom stereocenters. The van der Waals surface area contributed by atoms with Crippen molar-refractivity contribution >= 4 is 22.8 Å². The van der Waals surface area contributed by atoms with Crippen molar-refractivity contribution < 1.29 is 9.53 Å². The quantitative estimate of drug-likeness (QED) is 0.681. The van der Waals surface area contributed by atoms with E-state index in [2.05, 4.69) is 23.7 Å². The number of thiazole rings is 1. The van der Waals surface area contributed by atoms with Crippen molar-refractivity contribution in [2.45, 2.75) is 27.2 Å². The summed E-state index contributed by atoms with van der Waals surface area (Å²) in [5.41, 5.74) is 0.899. The van der Waals surface area contributed by atoms with Gasteiger partial charge in [0.2, 0.25) is 0 Å². The van der Waals surface area contributed by atoms with Gasteiger partial charge in [0.15, 0.2) is 11.4 Å². The summed E-state index contributed by atoms with van der Waals surface area (Å²) in [6.07, 6.45) is 1.70. The zero-order valence-corrected chi connectivity index (χ0v) is 12.4. The number of carbonyl (C=O) groups excluding carboxylic acids is 1. The van der Waals surface area contributed by atoms with Crippen LogP contribution in [0.15, 0.2) is 0 Å². The van der Waals surface area contributed by atoms with Gasteiger partial charge in [-0.05, 0) is 12.3 Å². The average molecular weight is 270 g/mol. The van der Waals surface area contributed by atoms with E-state index in [4.69, 9.17) is 4.74 Å². The lowest BCUT2D eigenvalue weighted by atomic mass is 10.2. The Hall–Kier alpha value is -0.940. The summed E-state index contributed by atoms with van der Waals surface area (Å²) >= 11 is 1.48. The molecule has 0 spiro atoms. The van der Waals surface area contributed by atoms with E-state index >= 15 is 0 Å². The monoisotopic (exact) mass is 270 g/mol. The maximum atomic E-state index is 11.0. The highest BCUT2D eigenvalue weighted by Gasteiger charge is 2.15. The Kier molecular flexibility index (Phi) is 6.29. The van der Waals surface area contributed by atoms with E-state index in [1.54, 1.807) is 7.11 Å². The number of aryl methyl sites for hydroxylation is 1. The molecule has 0 saturated carbocycles. The van der Waals surface area contributed by atoms with Crippen LogP contribution in [0.4, 0.5) is 5.13 Å². The summed E-state index contributed by atoms with van der Waals surface area (Å²) in [5.74, 6) is 0.551. The van der Waals surface area contributed by atoms with Crippen LogP contribution in [0.2, 0.25) is 0 Å². The second kappa shape index (κ2) is 7.48. The highest BCUT2D eigenvalue weighted by molar-refractivity contribution is 7.17. The highest BCUT2D eigenvalue weighted by atomic mass is 32.1. The van der Waals surface area contributed by atoms with Crippen molar-refractivity contribution in [1.29, 1.82) is 0 Å². The Balaban J connectivity index is 2.89. The number of methoxy groups -OCH3 is 1. The smallest absolute Gasteiger partial charge is 0.186 e. The highest BCUT2D eigenvalue weighted by Crippen LogP contribution is 2.26. The van der Waals surface area contributed by atoms with E-state index in [-0.39, 0.29) is 0 Å². The first-order valence-corrected chi connectivity index (χ1v) is 7.12. The Morgan fingerprint density at radius 1 is 1.50 bits per heavy atom. The van der Waals surface area contributed by atoms with Gasteiger partial charge in [-0.3, -0.25) is 4.79 Å². The van der Waals surface area contributed by atoms with E-state index in [0.717, 1.165) is 41.5 Å². The van der Waals surface area contributed by atoms with E-state index in [1.165, 1.54) is 11.3 Å². The zero-order valence-electron chi connectivity index (χ0n) is 11.6. The fourth-order valence-corrected chi connectivity index (χ4v) is 2.74. The number of carbonyl (C=O) groups is 1. The van der Waals surface area contributed by atoms with Gasteiger partial charge in [0.1, 0.15) is 0 Å². The maximum Gasteiger partial charge on any atom is 0.186 e. The molecule has 0 aliphatic rings. The number of anilines is 1. The molecule has 0 bridgehead atoms. The molecule has 0 aromatic carbocycles. The average Bonchev–Trinajstić information content (AvgIpc) is 2.77. The summed E-state index contributed by atoms with van der Waals surface area (Å²) in [4.78, 5) is 18.5. The van der Waals surface area contributed by atoms with Crippen molar-refractivity contribution in [3.05, 3.63) is 10.6 Å². The molecule has 0 N–H and O–H groups in total. The third kappa shape index (κ3) is 4.07. The van der Waals surface area contributed by atoms with E-state index < -0.39 is 0 Å². The van der Waals surface area contributed by atoms with Crippen LogP contribution in [0.5, 0.6) is 0 Å². The molecule has 5 heteroatoms. The van der Waals surface area contributed by atoms with Gasteiger partial charge in [-0.15, -0.1) is 0 Å². The molecule has 0 saturated heterocycles. The summed E-state index contributed by atoms with van der Waals surface area (Å²) < 4.78 is 5.13. The molecule has 0 amide bonds. The molecular formula is C13H22N2O2S. The summed E-state index contributed by atoms with van der Waals surface area (Å²) in [6.45, 7) is 8.78. The van der Waals surface area contributed by atoms with Crippen LogP contribution in [0.25, 0.3) is 0 Å². The maximum absolute atomic E-state index is 11.0. The first-order chi connectivity index (χ1) is 8.62. The van der Waals surface area contributed by atoms with Gasteiger partial charge in [-0.25, -0.2) is 4.98 Å². The summed E-state index contributed by atoms with van der Waals surface area (Å²) in [6, 6.07) is 0. The standard InChI is InChI=1S/C13H22N2O2S/c1-5-11-12(9-16)18-13(14-11)15(6-7-17-4)8-10(2)3/h9-10H,5-8H2,1-4H3. The van der Waals surface area contributed by atoms with Crippen molar-refractivity contribution in [3.63, 3.8) is 0 Å². The number of aromatic nitrogens is 1. The number of hydrogen-bond donors (Lipinski definition) is 0. The van der Waals surface area contributed by atoms with Crippen molar-refractivity contribution in [3.8, 4) is 0 Å². The summed E-state index contributed by atoms with van der Waals surface area (Å²) in [5, 5.41) is 0.930. The van der Waals surface area contributed by atoms with Crippen molar-refractivity contribution in [2.24, 2.45) is 5.92 Å². The summed E-state index contributed by atoms with van der Waals surface area (Å²) in [7, 11) is 1.70. The van der Waals surface area contributed by atoms with Gasteiger partial charge in [0.05, 0.1) is 17.2 Å². The largest absolute Gasteiger partial charge is 0.383 e. The van der Waals surface area contributed by atoms with Gasteiger partial charge >= 0.3 is 0 Å². The van der Waals surface area contributed by atoms with Crippen LogP contribution in [0, 0.1) is 5.92 Å². The third-order valence-electron chi connectivity index (χ3n) is 2.58. The number of ether oxygens (including phenoxy) is 1. The number of hydrogen-bond acceptors (Lipinski definition) is 5. The number of nitrogens with zero attached hydrogens (tertiary/aromatic N) is 2. The van der Waals surface area contributed by atoms with Crippen LogP contribution in [-0.2, 0) is 11.2 Å². The lowest BCUT2D eigenvalue weighted by Crippen LogP contribution is -2.30. The molecular weight excluding hydrogens is 248 g/mol. The minimum atomic E-state index is 0.551. The van der Waals surface area contributed by atoms with E-state index in [0.29, 0.717) is 12.5 Å². The van der Waals surface area contributed by atoms with Gasteiger partial charge in [0.25, 0.3) is 0 Å². The van der Waals surface area contributed by atoms with E-state index in [9.17, 15) is 4.79 Å². The topological polar surface area (TPSA) is 42.4 Å². The lowest BCUT2D eigenvalue weighted by molar-refractivity contribution is 0.112. The minimum absolute atomic E-state index is 0.551. The normalized spacial score (nSPS) is 10.9. The number of rotatable bonds is 8. The molecule has 18 heavy (non-hydrogen) atoms. The fraction of sp³-hybridized carbons (Fsp3) is 0.692. The van der Waals surface area contributed by atoms with E-state index in [1.807, 2.05) is 6.92 Å². The SMILES string of the molecule is CCc1nc(N(CCOC)CC(C)C)sc1C=O. The van der Waals surface area contributed by atoms with Gasteiger partial charge in [-0.2, -0.15) is 0 Å². The molecule has 4 nitrogen and oxygen atoms in total. The lowest BCUT2D eigenvalue weighted by Gasteiger charge is -2.23. The Labute approximate surface area is 113 Å². The second-order valence-electron chi connectivity index (χ2n) is 4.61. The molecule has 0 radical (unpaired) electrons. The van der Waals surface area contributed by atoms with Crippen LogP contribution in [-0.4, -0.2) is 38.1 Å². The molecule has 0 aliphatic heterocycles. The Morgan fingerprint density at radius 2 is 2.22 bits per heavy atom. The van der Waals surface area contributed by atoms with Crippen LogP contribution in [0.3, 0.4) is 0 Å². The van der Waals surface area contributed by atoms with Crippen LogP contribution in [0.1, 0.15) is 36.1 Å². The predicted molar refractivity (Wildman–Crippen MR) is 75.8 cm³/mol. The molecule has 1 rings (SSSR count). The molecule has 1 aromatic heterocycles. The molecule has 0 atom stereocenters. The van der Waals surface area contributed by atoms with Crippen molar-refractivity contribution in [2.75, 3.05) is 31.7 Å². The molecule has 102 valence electrons. The zero-order chi connectivity index (χ0) is 13.5. The fourth-order valence-electron chi connectivity index (χ4n) is 1.74. The number of aldehydes is 1. The second-order valence-corrected chi connectivity index (χ2v) is 5.62. The van der Waals surface area contributed by atoms with Gasteiger partial charge in [0, 0.05) is 20.2 Å². The third-order valence-corrected chi connectivity index (χ3v) is 3.66. The van der Waals surface area contributed by atoms with Gasteiger partial charge in [-0.1, -0.05) is 32.1 Å². The minimum Gasteiger partial charge on any atom is -0.383 e. The Bertz CT molecular complexity index is 377. The first kappa shape index (κ1) is 15.1. The van der Waals surface area contributed by atoms with Gasteiger partial charge < -0.3 is 9.64 Å². The molecule has 1 aromatic rings. The van der Waals surface area contributed by atoms with Crippen LogP contribution >= 0.6 is 11.3 Å². The van der Waals surface area contributed by atoms with Crippen molar-refractivity contribution in [1.82, 2.24) is 4.98 Å². The molecule has 0 fully saturated rings. The Morgan fingerprint density at radius 3 is 2.67 bits per heavy atom. The molecule has 1 heterocycles. The first-order valence-electron chi connectivity index (χ1n) is 6.31. The predicted octanol–water partition coefficient (Wildman–Crippen LogP) is 2.63. The molecule has 0 aliphatic carbocycles.